The van der Waals surface area contributed by atoms with E-state index in [1.165, 1.54) is 0 Å². The molecule has 2 rings (SSSR count). The summed E-state index contributed by atoms with van der Waals surface area (Å²) in [5.41, 5.74) is 0. The Morgan fingerprint density at radius 2 is 1.94 bits per heavy atom. The van der Waals surface area contributed by atoms with Crippen LogP contribution in [0.4, 0.5) is 0 Å². The smallest absolute Gasteiger partial charge is 0.325 e. The van der Waals surface area contributed by atoms with Crippen molar-refractivity contribution in [3.8, 4) is 0 Å². The summed E-state index contributed by atoms with van der Waals surface area (Å²) in [7, 11) is 0. The lowest BCUT2D eigenvalue weighted by molar-refractivity contribution is -0.153. The largest absolute Gasteiger partial charge is 0.460 e. The molecule has 0 unspecified atom stereocenters. The van der Waals surface area contributed by atoms with Gasteiger partial charge < -0.3 is 9.64 Å². The average Bonchev–Trinajstić information content (AvgIpc) is 2.81. The van der Waals surface area contributed by atoms with Crippen LogP contribution in [0, 0.1) is 0 Å². The molecule has 0 aromatic carbocycles. The van der Waals surface area contributed by atoms with Crippen LogP contribution in [0.1, 0.15) is 44.9 Å². The summed E-state index contributed by atoms with van der Waals surface area (Å²) in [6, 6.07) is 0. The Morgan fingerprint density at radius 3 is 2.72 bits per heavy atom. The van der Waals surface area contributed by atoms with Gasteiger partial charge in [-0.2, -0.15) is 0 Å². The van der Waals surface area contributed by atoms with Gasteiger partial charge in [0.2, 0.25) is 5.91 Å². The number of hydrogen-bond donors (Lipinski definition) is 0. The summed E-state index contributed by atoms with van der Waals surface area (Å²) in [5, 5.41) is 0. The predicted octanol–water partition coefficient (Wildman–Crippen LogP) is 2.04. The highest BCUT2D eigenvalue weighted by Crippen LogP contribution is 2.15. The second-order valence-corrected chi connectivity index (χ2v) is 5.03. The van der Waals surface area contributed by atoms with Crippen LogP contribution in [0.2, 0.25) is 0 Å². The van der Waals surface area contributed by atoms with Gasteiger partial charge in [-0.1, -0.05) is 25.0 Å². The van der Waals surface area contributed by atoms with Crippen LogP contribution in [0.25, 0.3) is 0 Å². The van der Waals surface area contributed by atoms with Crippen molar-refractivity contribution in [1.29, 1.82) is 0 Å². The van der Waals surface area contributed by atoms with Crippen molar-refractivity contribution in [1.82, 2.24) is 4.90 Å². The zero-order valence-electron chi connectivity index (χ0n) is 10.8. The molecular weight excluding hydrogens is 230 g/mol. The number of carbonyl (C=O) groups excluding carboxylic acids is 2. The van der Waals surface area contributed by atoms with Crippen LogP contribution < -0.4 is 0 Å². The summed E-state index contributed by atoms with van der Waals surface area (Å²) in [6.45, 7) is 0.812. The van der Waals surface area contributed by atoms with Crippen LogP contribution in [0.3, 0.4) is 0 Å². The fraction of sp³-hybridized carbons (Fsp3) is 0.714. The second-order valence-electron chi connectivity index (χ2n) is 5.03. The van der Waals surface area contributed by atoms with E-state index in [9.17, 15) is 9.59 Å². The molecular formula is C14H21NO3. The number of hydrogen-bond acceptors (Lipinski definition) is 3. The van der Waals surface area contributed by atoms with Crippen molar-refractivity contribution in [3.63, 3.8) is 0 Å². The van der Waals surface area contributed by atoms with Crippen molar-refractivity contribution >= 4 is 11.9 Å². The van der Waals surface area contributed by atoms with E-state index >= 15 is 0 Å². The van der Waals surface area contributed by atoms with Gasteiger partial charge in [0.15, 0.2) is 0 Å². The highest BCUT2D eigenvalue weighted by molar-refractivity contribution is 5.82. The minimum absolute atomic E-state index is 0.0117. The molecule has 100 valence electrons. The SMILES string of the molecule is O=C(CN1CCCCCCC1=O)OC1CC=CC1. The maximum absolute atomic E-state index is 11.8. The van der Waals surface area contributed by atoms with E-state index in [1.54, 1.807) is 4.90 Å². The van der Waals surface area contributed by atoms with Crippen molar-refractivity contribution in [3.05, 3.63) is 12.2 Å². The number of ether oxygens (including phenoxy) is 1. The molecule has 2 aliphatic rings. The first kappa shape index (κ1) is 13.1. The van der Waals surface area contributed by atoms with E-state index < -0.39 is 0 Å². The van der Waals surface area contributed by atoms with Crippen LogP contribution >= 0.6 is 0 Å². The third-order valence-corrected chi connectivity index (χ3v) is 3.50. The van der Waals surface area contributed by atoms with Crippen molar-refractivity contribution in [2.24, 2.45) is 0 Å². The van der Waals surface area contributed by atoms with Crippen LogP contribution in [0.5, 0.6) is 0 Å². The van der Waals surface area contributed by atoms with Gasteiger partial charge in [-0.05, 0) is 12.8 Å². The second kappa shape index (κ2) is 6.57. The summed E-state index contributed by atoms with van der Waals surface area (Å²) >= 11 is 0. The van der Waals surface area contributed by atoms with Gasteiger partial charge in [0.05, 0.1) is 0 Å². The molecule has 1 fully saturated rings. The Bertz CT molecular complexity index is 330. The van der Waals surface area contributed by atoms with Gasteiger partial charge >= 0.3 is 5.97 Å². The maximum atomic E-state index is 11.8. The number of likely N-dealkylation sites (tertiary alicyclic amines) is 1. The molecule has 0 aromatic heterocycles. The Kier molecular flexibility index (Phi) is 4.79. The molecule has 4 heteroatoms. The summed E-state index contributed by atoms with van der Waals surface area (Å²) in [5.74, 6) is -0.172. The summed E-state index contributed by atoms with van der Waals surface area (Å²) in [6.07, 6.45) is 10.4. The maximum Gasteiger partial charge on any atom is 0.325 e. The molecule has 0 N–H and O–H groups in total. The topological polar surface area (TPSA) is 46.6 Å². The van der Waals surface area contributed by atoms with Gasteiger partial charge in [-0.15, -0.1) is 0 Å². The normalized spacial score (nSPS) is 21.8. The average molecular weight is 251 g/mol. The Labute approximate surface area is 108 Å². The number of esters is 1. The Hall–Kier alpha value is -1.32. The van der Waals surface area contributed by atoms with E-state index in [0.717, 1.165) is 38.5 Å². The van der Waals surface area contributed by atoms with Crippen molar-refractivity contribution < 1.29 is 14.3 Å². The lowest BCUT2D eigenvalue weighted by Gasteiger charge is -2.24. The van der Waals surface area contributed by atoms with Gasteiger partial charge in [-0.25, -0.2) is 0 Å². The van der Waals surface area contributed by atoms with Gasteiger partial charge in [0, 0.05) is 25.8 Å². The quantitative estimate of drug-likeness (QED) is 0.569. The monoisotopic (exact) mass is 251 g/mol. The third-order valence-electron chi connectivity index (χ3n) is 3.50. The van der Waals surface area contributed by atoms with Crippen LogP contribution in [-0.2, 0) is 14.3 Å². The van der Waals surface area contributed by atoms with Crippen LogP contribution in [0.15, 0.2) is 12.2 Å². The molecule has 1 aliphatic carbocycles. The van der Waals surface area contributed by atoms with Crippen molar-refractivity contribution in [2.45, 2.75) is 51.0 Å². The van der Waals surface area contributed by atoms with Crippen molar-refractivity contribution in [2.75, 3.05) is 13.1 Å². The van der Waals surface area contributed by atoms with E-state index in [4.69, 9.17) is 4.74 Å². The first-order valence-corrected chi connectivity index (χ1v) is 6.88. The molecule has 0 spiro atoms. The number of carbonyl (C=O) groups is 2. The zero-order valence-corrected chi connectivity index (χ0v) is 10.8. The molecule has 0 atom stereocenters. The fourth-order valence-corrected chi connectivity index (χ4v) is 2.45. The lowest BCUT2D eigenvalue weighted by atomic mass is 10.1. The Balaban J connectivity index is 1.78. The molecule has 18 heavy (non-hydrogen) atoms. The summed E-state index contributed by atoms with van der Waals surface area (Å²) in [4.78, 5) is 25.3. The number of amides is 1. The van der Waals surface area contributed by atoms with Gasteiger partial charge in [-0.3, -0.25) is 9.59 Å². The Morgan fingerprint density at radius 1 is 1.22 bits per heavy atom. The molecule has 0 saturated carbocycles. The van der Waals surface area contributed by atoms with E-state index in [2.05, 4.69) is 0 Å². The molecule has 0 bridgehead atoms. The molecule has 4 nitrogen and oxygen atoms in total. The minimum Gasteiger partial charge on any atom is -0.460 e. The summed E-state index contributed by atoms with van der Waals surface area (Å²) < 4.78 is 5.34. The molecule has 1 aliphatic heterocycles. The molecule has 1 amide bonds. The molecule has 1 saturated heterocycles. The fourth-order valence-electron chi connectivity index (χ4n) is 2.45. The van der Waals surface area contributed by atoms with Gasteiger partial charge in [0.25, 0.3) is 0 Å². The van der Waals surface area contributed by atoms with Gasteiger partial charge in [0.1, 0.15) is 12.6 Å². The highest BCUT2D eigenvalue weighted by atomic mass is 16.5. The first-order valence-electron chi connectivity index (χ1n) is 6.88. The third kappa shape index (κ3) is 3.86. The van der Waals surface area contributed by atoms with E-state index in [-0.39, 0.29) is 24.5 Å². The standard InChI is InChI=1S/C14H21NO3/c16-13-9-3-1-2-6-10-15(13)11-14(17)18-12-7-4-5-8-12/h4-5,12H,1-3,6-11H2. The lowest BCUT2D eigenvalue weighted by Crippen LogP contribution is -2.38. The molecule has 0 radical (unpaired) electrons. The predicted molar refractivity (Wildman–Crippen MR) is 67.9 cm³/mol. The molecule has 1 heterocycles. The van der Waals surface area contributed by atoms with Crippen LogP contribution in [-0.4, -0.2) is 36.0 Å². The highest BCUT2D eigenvalue weighted by Gasteiger charge is 2.21. The minimum atomic E-state index is -0.266. The zero-order chi connectivity index (χ0) is 12.8. The first-order chi connectivity index (χ1) is 8.75. The number of nitrogens with zero attached hydrogens (tertiary/aromatic N) is 1. The van der Waals surface area contributed by atoms with E-state index in [1.807, 2.05) is 12.2 Å². The van der Waals surface area contributed by atoms with E-state index in [0.29, 0.717) is 13.0 Å². The number of rotatable bonds is 3. The molecule has 0 aromatic rings.